The lowest BCUT2D eigenvalue weighted by Gasteiger charge is -2.17. The molecule has 0 saturated carbocycles. The van der Waals surface area contributed by atoms with Gasteiger partial charge in [0.1, 0.15) is 0 Å². The standard InChI is InChI=1S/C13H22N2S/c1-12-6-4-5-7-13(12)14-8-9-15(2)10-11-16-3/h4-7,14H,8-11H2,1-3H3. The first-order valence-electron chi connectivity index (χ1n) is 5.71. The molecule has 3 heteroatoms. The Labute approximate surface area is 103 Å². The van der Waals surface area contributed by atoms with Gasteiger partial charge in [0.15, 0.2) is 0 Å². The lowest BCUT2D eigenvalue weighted by Crippen LogP contribution is -2.27. The predicted molar refractivity (Wildman–Crippen MR) is 75.5 cm³/mol. The lowest BCUT2D eigenvalue weighted by atomic mass is 10.2. The van der Waals surface area contributed by atoms with E-state index in [0.29, 0.717) is 0 Å². The maximum absolute atomic E-state index is 3.47. The second kappa shape index (κ2) is 7.58. The highest BCUT2D eigenvalue weighted by Crippen LogP contribution is 2.12. The van der Waals surface area contributed by atoms with Gasteiger partial charge in [0.05, 0.1) is 0 Å². The summed E-state index contributed by atoms with van der Waals surface area (Å²) < 4.78 is 0. The average molecular weight is 238 g/mol. The highest BCUT2D eigenvalue weighted by atomic mass is 32.2. The van der Waals surface area contributed by atoms with E-state index in [4.69, 9.17) is 0 Å². The third-order valence-electron chi connectivity index (χ3n) is 2.63. The van der Waals surface area contributed by atoms with Crippen LogP contribution in [0.5, 0.6) is 0 Å². The summed E-state index contributed by atoms with van der Waals surface area (Å²) in [5.74, 6) is 1.21. The number of rotatable bonds is 7. The zero-order valence-electron chi connectivity index (χ0n) is 10.5. The molecule has 1 aromatic carbocycles. The summed E-state index contributed by atoms with van der Waals surface area (Å²) in [6, 6.07) is 8.43. The molecule has 0 saturated heterocycles. The van der Waals surface area contributed by atoms with Crippen molar-refractivity contribution >= 4 is 17.4 Å². The molecule has 16 heavy (non-hydrogen) atoms. The molecule has 0 aromatic heterocycles. The van der Waals surface area contributed by atoms with E-state index < -0.39 is 0 Å². The summed E-state index contributed by atoms with van der Waals surface area (Å²) in [4.78, 5) is 2.36. The number of para-hydroxylation sites is 1. The van der Waals surface area contributed by atoms with Gasteiger partial charge in [-0.3, -0.25) is 0 Å². The molecule has 0 aliphatic carbocycles. The van der Waals surface area contributed by atoms with E-state index in [1.54, 1.807) is 0 Å². The normalized spacial score (nSPS) is 10.8. The van der Waals surface area contributed by atoms with Gasteiger partial charge in [-0.1, -0.05) is 18.2 Å². The summed E-state index contributed by atoms with van der Waals surface area (Å²) in [6.45, 7) is 5.40. The number of likely N-dealkylation sites (N-methyl/N-ethyl adjacent to an activating group) is 1. The van der Waals surface area contributed by atoms with E-state index in [1.165, 1.54) is 17.0 Å². The van der Waals surface area contributed by atoms with Gasteiger partial charge in [0.2, 0.25) is 0 Å². The number of nitrogens with one attached hydrogen (secondary N) is 1. The van der Waals surface area contributed by atoms with E-state index in [1.807, 2.05) is 11.8 Å². The van der Waals surface area contributed by atoms with Gasteiger partial charge in [-0.25, -0.2) is 0 Å². The second-order valence-electron chi connectivity index (χ2n) is 4.04. The highest BCUT2D eigenvalue weighted by Gasteiger charge is 1.98. The smallest absolute Gasteiger partial charge is 0.0370 e. The molecule has 1 rings (SSSR count). The number of hydrogen-bond acceptors (Lipinski definition) is 3. The lowest BCUT2D eigenvalue weighted by molar-refractivity contribution is 0.370. The van der Waals surface area contributed by atoms with Crippen LogP contribution in [0.15, 0.2) is 24.3 Å². The molecule has 0 heterocycles. The summed E-state index contributed by atoms with van der Waals surface area (Å²) in [7, 11) is 2.18. The first-order valence-corrected chi connectivity index (χ1v) is 7.10. The van der Waals surface area contributed by atoms with Crippen molar-refractivity contribution in [1.29, 1.82) is 0 Å². The average Bonchev–Trinajstić information content (AvgIpc) is 2.29. The van der Waals surface area contributed by atoms with Gasteiger partial charge in [-0.15, -0.1) is 0 Å². The Morgan fingerprint density at radius 1 is 1.25 bits per heavy atom. The first kappa shape index (κ1) is 13.4. The SMILES string of the molecule is CSCCN(C)CCNc1ccccc1C. The molecular weight excluding hydrogens is 216 g/mol. The molecule has 0 spiro atoms. The van der Waals surface area contributed by atoms with Crippen LogP contribution in [0.3, 0.4) is 0 Å². The molecule has 0 fully saturated rings. The molecule has 1 N–H and O–H groups in total. The molecule has 0 aliphatic rings. The second-order valence-corrected chi connectivity index (χ2v) is 5.02. The summed E-state index contributed by atoms with van der Waals surface area (Å²) in [6.07, 6.45) is 2.15. The fourth-order valence-electron chi connectivity index (χ4n) is 1.51. The van der Waals surface area contributed by atoms with Gasteiger partial charge in [0, 0.05) is 31.1 Å². The van der Waals surface area contributed by atoms with Crippen LogP contribution in [0.4, 0.5) is 5.69 Å². The van der Waals surface area contributed by atoms with Crippen LogP contribution >= 0.6 is 11.8 Å². The van der Waals surface area contributed by atoms with Crippen molar-refractivity contribution in [2.45, 2.75) is 6.92 Å². The van der Waals surface area contributed by atoms with Crippen LogP contribution in [0, 0.1) is 6.92 Å². The van der Waals surface area contributed by atoms with Crippen LogP contribution in [-0.2, 0) is 0 Å². The monoisotopic (exact) mass is 238 g/mol. The number of nitrogens with zero attached hydrogens (tertiary/aromatic N) is 1. The van der Waals surface area contributed by atoms with Gasteiger partial charge in [-0.05, 0) is 31.9 Å². The quantitative estimate of drug-likeness (QED) is 0.786. The third kappa shape index (κ3) is 4.90. The molecule has 0 aliphatic heterocycles. The van der Waals surface area contributed by atoms with E-state index in [2.05, 4.69) is 54.7 Å². The van der Waals surface area contributed by atoms with Crippen LogP contribution in [-0.4, -0.2) is 43.6 Å². The van der Waals surface area contributed by atoms with Crippen LogP contribution in [0.25, 0.3) is 0 Å². The predicted octanol–water partition coefficient (Wildman–Crippen LogP) is 2.70. The number of anilines is 1. The van der Waals surface area contributed by atoms with Gasteiger partial charge < -0.3 is 10.2 Å². The van der Waals surface area contributed by atoms with E-state index >= 15 is 0 Å². The van der Waals surface area contributed by atoms with Crippen LogP contribution in [0.1, 0.15) is 5.56 Å². The minimum Gasteiger partial charge on any atom is -0.384 e. The van der Waals surface area contributed by atoms with E-state index in [-0.39, 0.29) is 0 Å². The molecule has 0 unspecified atom stereocenters. The number of benzene rings is 1. The van der Waals surface area contributed by atoms with Gasteiger partial charge in [-0.2, -0.15) is 11.8 Å². The Morgan fingerprint density at radius 2 is 2.00 bits per heavy atom. The van der Waals surface area contributed by atoms with Crippen molar-refractivity contribution < 1.29 is 0 Å². The highest BCUT2D eigenvalue weighted by molar-refractivity contribution is 7.98. The topological polar surface area (TPSA) is 15.3 Å². The molecule has 1 aromatic rings. The molecule has 0 atom stereocenters. The fourth-order valence-corrected chi connectivity index (χ4v) is 2.01. The van der Waals surface area contributed by atoms with Crippen LogP contribution < -0.4 is 5.32 Å². The Hall–Kier alpha value is -0.670. The van der Waals surface area contributed by atoms with Gasteiger partial charge in [0.25, 0.3) is 0 Å². The Morgan fingerprint density at radius 3 is 2.69 bits per heavy atom. The zero-order valence-corrected chi connectivity index (χ0v) is 11.3. The van der Waals surface area contributed by atoms with E-state index in [0.717, 1.165) is 19.6 Å². The molecule has 0 bridgehead atoms. The zero-order chi connectivity index (χ0) is 11.8. The maximum Gasteiger partial charge on any atom is 0.0370 e. The summed E-state index contributed by atoms with van der Waals surface area (Å²) in [5, 5.41) is 3.47. The summed E-state index contributed by atoms with van der Waals surface area (Å²) >= 11 is 1.90. The van der Waals surface area contributed by atoms with Gasteiger partial charge >= 0.3 is 0 Å². The van der Waals surface area contributed by atoms with Crippen LogP contribution in [0.2, 0.25) is 0 Å². The Kier molecular flexibility index (Phi) is 6.34. The molecule has 90 valence electrons. The minimum absolute atomic E-state index is 1.01. The Bertz CT molecular complexity index is 302. The molecule has 0 amide bonds. The fraction of sp³-hybridized carbons (Fsp3) is 0.538. The van der Waals surface area contributed by atoms with Crippen molar-refractivity contribution in [3.05, 3.63) is 29.8 Å². The molecule has 2 nitrogen and oxygen atoms in total. The third-order valence-corrected chi connectivity index (χ3v) is 3.22. The minimum atomic E-state index is 1.01. The molecular formula is C13H22N2S. The van der Waals surface area contributed by atoms with E-state index in [9.17, 15) is 0 Å². The van der Waals surface area contributed by atoms with Crippen molar-refractivity contribution in [2.24, 2.45) is 0 Å². The largest absolute Gasteiger partial charge is 0.384 e. The first-order chi connectivity index (χ1) is 7.74. The number of hydrogen-bond donors (Lipinski definition) is 1. The maximum atomic E-state index is 3.47. The number of thioether (sulfide) groups is 1. The number of aryl methyl sites for hydroxylation is 1. The van der Waals surface area contributed by atoms with Crippen molar-refractivity contribution in [3.63, 3.8) is 0 Å². The molecule has 0 radical (unpaired) electrons. The van der Waals surface area contributed by atoms with Crippen molar-refractivity contribution in [2.75, 3.05) is 44.0 Å². The van der Waals surface area contributed by atoms with Crippen molar-refractivity contribution in [3.8, 4) is 0 Å². The Balaban J connectivity index is 2.23. The van der Waals surface area contributed by atoms with Crippen molar-refractivity contribution in [1.82, 2.24) is 4.90 Å². The summed E-state index contributed by atoms with van der Waals surface area (Å²) in [5.41, 5.74) is 2.56.